The molecule has 7 aliphatic rings. The monoisotopic (exact) mass is 2100 g/mol. The van der Waals surface area contributed by atoms with Crippen LogP contribution < -0.4 is 41.0 Å². The number of ketones is 1. The van der Waals surface area contributed by atoms with Gasteiger partial charge in [-0.1, -0.05) is 63.1 Å². The van der Waals surface area contributed by atoms with Crippen LogP contribution in [0.25, 0.3) is 0 Å². The van der Waals surface area contributed by atoms with Crippen LogP contribution in [0.2, 0.25) is 0 Å². The first kappa shape index (κ1) is 114. The number of ether oxygens (including phenoxy) is 19. The third-order valence-corrected chi connectivity index (χ3v) is 28.4. The molecule has 5 heterocycles. The van der Waals surface area contributed by atoms with E-state index in [0.717, 1.165) is 23.8 Å². The largest absolute Gasteiger partial charge is 0.492 e. The number of nitrogens with zero attached hydrogens (tertiary/aromatic N) is 2. The van der Waals surface area contributed by atoms with E-state index in [4.69, 9.17) is 94.8 Å². The maximum absolute atomic E-state index is 14.6. The molecular weight excluding hydrogens is 1960 g/mol. The smallest absolute Gasteiger partial charge is 0.411 e. The van der Waals surface area contributed by atoms with Crippen molar-refractivity contribution < 1.29 is 170 Å². The molecule has 19 atom stereocenters. The summed E-state index contributed by atoms with van der Waals surface area (Å²) in [6, 6.07) is -1.76. The van der Waals surface area contributed by atoms with Gasteiger partial charge in [-0.3, -0.25) is 53.4 Å². The van der Waals surface area contributed by atoms with Crippen molar-refractivity contribution in [1.82, 2.24) is 36.5 Å². The molecule has 4 fully saturated rings. The lowest BCUT2D eigenvalue weighted by molar-refractivity contribution is -0.337. The lowest BCUT2D eigenvalue weighted by atomic mass is 9.75. The summed E-state index contributed by atoms with van der Waals surface area (Å²) in [5.74, 6) is 8.02. The number of hydrogen-bond acceptors (Lipinski definition) is 39. The van der Waals surface area contributed by atoms with E-state index in [9.17, 15) is 73.8 Å². The summed E-state index contributed by atoms with van der Waals surface area (Å²) >= 11 is 2.74. The van der Waals surface area contributed by atoms with Crippen LogP contribution in [-0.2, 0) is 114 Å². The summed E-state index contributed by atoms with van der Waals surface area (Å²) in [6.45, 7) is 19.5. The van der Waals surface area contributed by atoms with E-state index in [1.807, 2.05) is 43.4 Å². The molecule has 136 heavy (non-hydrogen) atoms. The lowest BCUT2D eigenvalue weighted by Gasteiger charge is -2.47. The average Bonchev–Trinajstić information content (AvgIpc) is 1.43. The number of nitrogens with one attached hydrogen (secondary N) is 5. The Balaban J connectivity index is 0.0000256. The molecule has 0 radical (unpaired) electrons. The van der Waals surface area contributed by atoms with Crippen LogP contribution in [0, 0.1) is 40.1 Å². The second-order valence-corrected chi connectivity index (χ2v) is 37.9. The second-order valence-electron chi connectivity index (χ2n) is 32.6. The van der Waals surface area contributed by atoms with Crippen molar-refractivity contribution in [3.8, 4) is 40.9 Å². The molecular formula is C90H134IN7O35S3. The number of hydrogen-bond donors (Lipinski definition) is 11. The number of carbonyl (C=O) groups is 9. The van der Waals surface area contributed by atoms with E-state index in [0.29, 0.717) is 115 Å². The van der Waals surface area contributed by atoms with Crippen LogP contribution >= 0.6 is 55.9 Å². The first-order valence-corrected chi connectivity index (χ1v) is 49.3. The SMILES string of the molecule is CCN(C(C)=O)[C@H]1CO[C@@H](O[C@H]2[C@H](O[C@H]3C#C/C=C\C#CC4(O)CC(=O)C(NC(=O)OC)=C3C4=CCSSC(C)(C)CCC(=O)NCCNC(=O)CCOCCOCCOCCOCCOCCOCCOCCOCCNC(=O)CCN3C(=O)C=CC3=O)O[C@H](C)[C@@H](NO[C@H]3C[C@H](O)[C@H](SC(=O)c4c(C)c(I)c(O[C@@H]5O[C@@H](C)[C@H](O)[C@@H](CO)[C@H]5O)c(OC)c4OC)[C@@H](C)O3)[C@@H]2O)C[C@@H]1OC.[HH]. The van der Waals surface area contributed by atoms with Gasteiger partial charge in [-0.2, -0.15) is 5.48 Å². The van der Waals surface area contributed by atoms with Gasteiger partial charge in [0.25, 0.3) is 11.8 Å². The van der Waals surface area contributed by atoms with Crippen molar-refractivity contribution in [3.05, 3.63) is 61.9 Å². The lowest BCUT2D eigenvalue weighted by Crippen LogP contribution is -2.65. The Hall–Kier alpha value is -6.81. The molecule has 5 aliphatic heterocycles. The minimum atomic E-state index is -2.23. The number of likely N-dealkylation sites (N-methyl/N-ethyl adjacent to an activating group) is 1. The van der Waals surface area contributed by atoms with Crippen molar-refractivity contribution >= 4 is 108 Å². The summed E-state index contributed by atoms with van der Waals surface area (Å²) in [4.78, 5) is 125. The van der Waals surface area contributed by atoms with Crippen molar-refractivity contribution in [2.45, 2.75) is 214 Å². The van der Waals surface area contributed by atoms with Crippen LogP contribution in [-0.4, -0.2) is 393 Å². The summed E-state index contributed by atoms with van der Waals surface area (Å²) in [5, 5.41) is 78.6. The maximum atomic E-state index is 14.6. The predicted octanol–water partition coefficient (Wildman–Crippen LogP) is 1.76. The number of carbonyl (C=O) groups excluding carboxylic acids is 9. The molecule has 0 aromatic heterocycles. The molecule has 7 amide bonds. The fourth-order valence-electron chi connectivity index (χ4n) is 15.2. The summed E-state index contributed by atoms with van der Waals surface area (Å²) in [7, 11) is 8.04. The molecule has 0 spiro atoms. The number of methoxy groups -OCH3 is 4. The zero-order chi connectivity index (χ0) is 99.0. The van der Waals surface area contributed by atoms with Crippen LogP contribution in [0.15, 0.2) is 47.2 Å². The van der Waals surface area contributed by atoms with Crippen molar-refractivity contribution in [2.24, 2.45) is 5.92 Å². The molecule has 46 heteroatoms. The number of benzene rings is 1. The number of fused-ring (bicyclic) bond motifs is 2. The Morgan fingerprint density at radius 2 is 1.26 bits per heavy atom. The number of rotatable bonds is 58. The number of alkyl carbamates (subject to hydrolysis) is 1. The van der Waals surface area contributed by atoms with E-state index in [-0.39, 0.29) is 149 Å². The predicted molar refractivity (Wildman–Crippen MR) is 501 cm³/mol. The van der Waals surface area contributed by atoms with Crippen LogP contribution in [0.4, 0.5) is 4.79 Å². The van der Waals surface area contributed by atoms with E-state index in [2.05, 4.69) is 50.4 Å². The quantitative estimate of drug-likeness (QED) is 0.0111. The Labute approximate surface area is 819 Å². The molecule has 4 saturated heterocycles. The number of imide groups is 1. The first-order chi connectivity index (χ1) is 65.2. The zero-order valence-electron chi connectivity index (χ0n) is 78.7. The molecule has 0 saturated carbocycles. The number of amides is 7. The molecule has 2 aliphatic carbocycles. The second kappa shape index (κ2) is 59.2. The van der Waals surface area contributed by atoms with E-state index in [1.165, 1.54) is 74.1 Å². The highest BCUT2D eigenvalue weighted by molar-refractivity contribution is 14.1. The molecule has 8 rings (SSSR count). The summed E-state index contributed by atoms with van der Waals surface area (Å²) < 4.78 is 111. The standard InChI is InChI=1S/C90H132IN7O35S3.H2/c1-13-97(57(6)100)60-52-126-70(49-64(60)114-9)131-82-79(110)75(96-133-71-48-61(101)84(56(5)127-71)135-85(111)72-53(2)74(91)81(83(116-11)80(72)115-10)132-86-78(109)58(51-99)77(108)55(4)129-86)54(3)128-87(82)130-63-18-16-14-15-17-25-90(113)50-62(102)76(95-88(112)117-12)73(63)59(90)24-47-134-136-89(7,8)26-21-65(103)92-27-28-93-67(105)23-31-118-33-35-120-37-39-122-41-43-124-45-46-125-44-42-123-40-38-121-36-34-119-32-29-94-66(104)22-30-98-68(106)19-20-69(98)107;/h14-15,19-20,24,54-56,58,60-61,63-64,70-71,75,77-79,82,84,86-87,96,99,101,108-110,113H,13,21-23,26-52H2,1-12H3,(H,92,103)(H,93,105)(H,94,104)(H,95,112);1H/b15-14-,59-24?;/t54-,55+,56-,58-,60+,61+,63+,64+,70+,71+,75-,77+,78-,79+,82-,84-,86+,87+,90?;/m1./s1. The normalized spacial score (nSPS) is 27.2. The van der Waals surface area contributed by atoms with Gasteiger partial charge >= 0.3 is 6.09 Å². The molecule has 2 bridgehead atoms. The van der Waals surface area contributed by atoms with Gasteiger partial charge in [0.2, 0.25) is 40.8 Å². The fraction of sp³-hybridized carbons (Fsp3) is 0.700. The van der Waals surface area contributed by atoms with E-state index in [1.54, 1.807) is 38.7 Å². The van der Waals surface area contributed by atoms with Gasteiger partial charge in [0.05, 0.1) is 215 Å². The molecule has 11 N–H and O–H groups in total. The van der Waals surface area contributed by atoms with Gasteiger partial charge in [-0.25, -0.2) is 4.79 Å². The third-order valence-electron chi connectivity index (χ3n) is 22.6. The molecule has 764 valence electrons. The van der Waals surface area contributed by atoms with Crippen molar-refractivity contribution in [2.75, 3.05) is 186 Å². The molecule has 42 nitrogen and oxygen atoms in total. The molecule has 1 unspecified atom stereocenters. The Bertz CT molecular complexity index is 4320. The number of Topliss-reactive ketones (excluding diaryl/α,β-unsaturated/α-hetero) is 1. The Kier molecular flexibility index (Phi) is 49.8. The van der Waals surface area contributed by atoms with Gasteiger partial charge in [0.1, 0.15) is 24.4 Å². The minimum absolute atomic E-state index is 0. The highest BCUT2D eigenvalue weighted by Crippen LogP contribution is 2.50. The Morgan fingerprint density at radius 1 is 0.691 bits per heavy atom. The number of aliphatic hydroxyl groups excluding tert-OH is 5. The van der Waals surface area contributed by atoms with E-state index >= 15 is 0 Å². The number of halogens is 1. The number of aliphatic hydroxyl groups is 6. The topological polar surface area (TPSA) is 526 Å². The van der Waals surface area contributed by atoms with Crippen LogP contribution in [0.1, 0.15) is 111 Å². The minimum Gasteiger partial charge on any atom is -0.492 e. The summed E-state index contributed by atoms with van der Waals surface area (Å²) in [5.41, 5.74) is 0.645. The third kappa shape index (κ3) is 34.8. The molecule has 1 aromatic rings. The number of thioether (sulfide) groups is 1. The first-order valence-electron chi connectivity index (χ1n) is 45.0. The van der Waals surface area contributed by atoms with Gasteiger partial charge in [0.15, 0.2) is 41.8 Å². The van der Waals surface area contributed by atoms with Gasteiger partial charge in [0, 0.05) is 120 Å². The van der Waals surface area contributed by atoms with Gasteiger partial charge < -0.3 is 141 Å². The summed E-state index contributed by atoms with van der Waals surface area (Å²) in [6.07, 6.45) is -12.1. The number of allylic oxidation sites excluding steroid dienone is 3. The average molecular weight is 2100 g/mol. The van der Waals surface area contributed by atoms with Gasteiger partial charge in [-0.15, -0.1) is 0 Å². The highest BCUT2D eigenvalue weighted by atomic mass is 127. The maximum Gasteiger partial charge on any atom is 0.411 e. The van der Waals surface area contributed by atoms with Gasteiger partial charge in [-0.05, 0) is 95.2 Å². The highest BCUT2D eigenvalue weighted by Gasteiger charge is 2.53. The van der Waals surface area contributed by atoms with Crippen molar-refractivity contribution in [3.63, 3.8) is 0 Å². The van der Waals surface area contributed by atoms with Crippen molar-refractivity contribution in [1.29, 1.82) is 0 Å². The van der Waals surface area contributed by atoms with Crippen LogP contribution in [0.5, 0.6) is 17.2 Å². The number of hydroxylamine groups is 1. The zero-order valence-corrected chi connectivity index (χ0v) is 83.3. The molecule has 1 aromatic carbocycles. The fourth-order valence-corrected chi connectivity index (χ4v) is 19.4. The van der Waals surface area contributed by atoms with Crippen LogP contribution in [0.3, 0.4) is 0 Å². The van der Waals surface area contributed by atoms with E-state index < -0.39 is 162 Å². The Morgan fingerprint density at radius 3 is 1.84 bits per heavy atom.